The number of ketones is 2. The highest BCUT2D eigenvalue weighted by Crippen LogP contribution is 2.49. The molecule has 21 heavy (non-hydrogen) atoms. The fourth-order valence-corrected chi connectivity index (χ4v) is 2.68. The molecule has 114 valence electrons. The summed E-state index contributed by atoms with van der Waals surface area (Å²) >= 11 is 6.25. The molecule has 0 bridgehead atoms. The van der Waals surface area contributed by atoms with Crippen LogP contribution in [0.2, 0.25) is 0 Å². The molecule has 6 nitrogen and oxygen atoms in total. The maximum Gasteiger partial charge on any atom is 0.308 e. The smallest absolute Gasteiger partial charge is 0.308 e. The molecule has 0 radical (unpaired) electrons. The summed E-state index contributed by atoms with van der Waals surface area (Å²) in [6, 6.07) is 0. The first-order valence-corrected chi connectivity index (χ1v) is 7.52. The minimum Gasteiger partial charge on any atom is -0.507 e. The zero-order valence-corrected chi connectivity index (χ0v) is 14.5. The van der Waals surface area contributed by atoms with Crippen molar-refractivity contribution in [2.75, 3.05) is 0 Å². The van der Waals surface area contributed by atoms with Crippen LogP contribution in [-0.4, -0.2) is 27.7 Å². The first-order chi connectivity index (χ1) is 9.59. The van der Waals surface area contributed by atoms with Crippen LogP contribution in [-0.2, 0) is 4.79 Å². The van der Waals surface area contributed by atoms with Crippen LogP contribution in [0.15, 0.2) is 0 Å². The summed E-state index contributed by atoms with van der Waals surface area (Å²) in [5, 5.41) is 20.3. The zero-order chi connectivity index (χ0) is 16.5. The number of phenols is 2. The summed E-state index contributed by atoms with van der Waals surface area (Å²) in [6.07, 6.45) is 0. The Morgan fingerprint density at radius 3 is 1.76 bits per heavy atom. The molecule has 0 aromatic heterocycles. The van der Waals surface area contributed by atoms with E-state index < -0.39 is 38.3 Å². The van der Waals surface area contributed by atoms with Gasteiger partial charge in [-0.05, 0) is 13.8 Å². The standard InChI is InChI=1S/C13H12Br2O6/c1-4(16)7-10(19)8(5(2)17)12(21-6(3)18)9(11(7)20)13(14)15/h13,19-20H,1-3H3. The van der Waals surface area contributed by atoms with E-state index in [0.29, 0.717) is 0 Å². The lowest BCUT2D eigenvalue weighted by molar-refractivity contribution is -0.131. The number of esters is 1. The van der Waals surface area contributed by atoms with Crippen molar-refractivity contribution in [3.63, 3.8) is 0 Å². The lowest BCUT2D eigenvalue weighted by atomic mass is 9.97. The van der Waals surface area contributed by atoms with Crippen LogP contribution in [0, 0.1) is 0 Å². The number of alkyl halides is 2. The Bertz CT molecular complexity index is 636. The number of benzene rings is 1. The molecule has 0 aliphatic rings. The molecule has 0 spiro atoms. The maximum absolute atomic E-state index is 11.8. The second kappa shape index (κ2) is 6.57. The van der Waals surface area contributed by atoms with Crippen molar-refractivity contribution < 1.29 is 29.3 Å². The lowest BCUT2D eigenvalue weighted by Crippen LogP contribution is -2.12. The molecular weight excluding hydrogens is 412 g/mol. The average molecular weight is 424 g/mol. The molecule has 1 rings (SSSR count). The molecule has 8 heteroatoms. The molecule has 0 aliphatic heterocycles. The molecule has 0 aliphatic carbocycles. The quantitative estimate of drug-likeness (QED) is 0.333. The molecule has 1 aromatic rings. The van der Waals surface area contributed by atoms with Crippen LogP contribution in [0.25, 0.3) is 0 Å². The first kappa shape index (κ1) is 17.6. The zero-order valence-electron chi connectivity index (χ0n) is 11.4. The van der Waals surface area contributed by atoms with Crippen molar-refractivity contribution in [2.45, 2.75) is 24.5 Å². The average Bonchev–Trinajstić information content (AvgIpc) is 2.25. The van der Waals surface area contributed by atoms with E-state index in [1.54, 1.807) is 0 Å². The van der Waals surface area contributed by atoms with Crippen LogP contribution < -0.4 is 4.74 Å². The molecule has 0 atom stereocenters. The summed E-state index contributed by atoms with van der Waals surface area (Å²) in [5.74, 6) is -3.58. The first-order valence-electron chi connectivity index (χ1n) is 5.69. The van der Waals surface area contributed by atoms with Gasteiger partial charge in [0.1, 0.15) is 26.4 Å². The van der Waals surface area contributed by atoms with Gasteiger partial charge in [0.2, 0.25) is 0 Å². The minimum atomic E-state index is -0.742. The van der Waals surface area contributed by atoms with Crippen molar-refractivity contribution in [1.29, 1.82) is 0 Å². The van der Waals surface area contributed by atoms with Gasteiger partial charge in [-0.25, -0.2) is 0 Å². The van der Waals surface area contributed by atoms with E-state index in [2.05, 4.69) is 31.9 Å². The molecule has 1 aromatic carbocycles. The van der Waals surface area contributed by atoms with Gasteiger partial charge < -0.3 is 14.9 Å². The third-order valence-electron chi connectivity index (χ3n) is 2.61. The number of rotatable bonds is 4. The molecule has 0 unspecified atom stereocenters. The highest BCUT2D eigenvalue weighted by molar-refractivity contribution is 9.24. The van der Waals surface area contributed by atoms with Crippen molar-refractivity contribution in [3.8, 4) is 17.2 Å². The van der Waals surface area contributed by atoms with Gasteiger partial charge in [-0.2, -0.15) is 0 Å². The van der Waals surface area contributed by atoms with Gasteiger partial charge in [0.15, 0.2) is 17.3 Å². The number of hydrogen-bond donors (Lipinski definition) is 2. The number of phenolic OH excluding ortho intramolecular Hbond substituents is 2. The number of Topliss-reactive ketones (excluding diaryl/α,β-unsaturated/α-hetero) is 2. The monoisotopic (exact) mass is 422 g/mol. The van der Waals surface area contributed by atoms with E-state index in [-0.39, 0.29) is 16.9 Å². The van der Waals surface area contributed by atoms with E-state index in [4.69, 9.17) is 4.74 Å². The summed E-state index contributed by atoms with van der Waals surface area (Å²) < 4.78 is 4.23. The molecule has 0 saturated heterocycles. The van der Waals surface area contributed by atoms with Crippen LogP contribution in [0.3, 0.4) is 0 Å². The summed E-state index contributed by atoms with van der Waals surface area (Å²) in [7, 11) is 0. The fraction of sp³-hybridized carbons (Fsp3) is 0.308. The maximum atomic E-state index is 11.8. The van der Waals surface area contributed by atoms with Gasteiger partial charge in [0.05, 0.1) is 5.56 Å². The Morgan fingerprint density at radius 2 is 1.43 bits per heavy atom. The molecule has 0 amide bonds. The van der Waals surface area contributed by atoms with Gasteiger partial charge in [-0.3, -0.25) is 14.4 Å². The number of ether oxygens (including phenoxy) is 1. The van der Waals surface area contributed by atoms with Crippen molar-refractivity contribution >= 4 is 49.4 Å². The van der Waals surface area contributed by atoms with Gasteiger partial charge >= 0.3 is 5.97 Å². The Kier molecular flexibility index (Phi) is 5.52. The Labute approximate surface area is 137 Å². The van der Waals surface area contributed by atoms with Crippen LogP contribution >= 0.6 is 31.9 Å². The summed E-state index contributed by atoms with van der Waals surface area (Å²) in [6.45, 7) is 3.38. The van der Waals surface area contributed by atoms with Crippen LogP contribution in [0.1, 0.15) is 50.8 Å². The van der Waals surface area contributed by atoms with E-state index in [9.17, 15) is 24.6 Å². The predicted molar refractivity (Wildman–Crippen MR) is 81.7 cm³/mol. The third kappa shape index (κ3) is 3.44. The lowest BCUT2D eigenvalue weighted by Gasteiger charge is -2.19. The highest BCUT2D eigenvalue weighted by atomic mass is 79.9. The molecular formula is C13H12Br2O6. The number of hydrogen-bond acceptors (Lipinski definition) is 6. The third-order valence-corrected chi connectivity index (χ3v) is 3.52. The van der Waals surface area contributed by atoms with E-state index >= 15 is 0 Å². The summed E-state index contributed by atoms with van der Waals surface area (Å²) in [4.78, 5) is 34.6. The van der Waals surface area contributed by atoms with Gasteiger partial charge in [-0.15, -0.1) is 0 Å². The van der Waals surface area contributed by atoms with Gasteiger partial charge in [0.25, 0.3) is 0 Å². The topological polar surface area (TPSA) is 101 Å². The largest absolute Gasteiger partial charge is 0.507 e. The van der Waals surface area contributed by atoms with Crippen molar-refractivity contribution in [1.82, 2.24) is 0 Å². The van der Waals surface area contributed by atoms with E-state index in [1.807, 2.05) is 0 Å². The predicted octanol–water partition coefficient (Wildman–Crippen LogP) is 3.22. The van der Waals surface area contributed by atoms with Crippen LogP contribution in [0.5, 0.6) is 17.2 Å². The number of carbonyl (C=O) groups excluding carboxylic acids is 3. The van der Waals surface area contributed by atoms with Crippen molar-refractivity contribution in [3.05, 3.63) is 16.7 Å². The van der Waals surface area contributed by atoms with E-state index in [0.717, 1.165) is 20.8 Å². The second-order valence-corrected chi connectivity index (χ2v) is 7.26. The molecule has 0 heterocycles. The molecule has 2 N–H and O–H groups in total. The Hall–Kier alpha value is -1.41. The fourth-order valence-electron chi connectivity index (χ4n) is 1.83. The Morgan fingerprint density at radius 1 is 0.952 bits per heavy atom. The number of aromatic hydroxyl groups is 2. The van der Waals surface area contributed by atoms with Crippen LogP contribution in [0.4, 0.5) is 0 Å². The van der Waals surface area contributed by atoms with Crippen molar-refractivity contribution in [2.24, 2.45) is 0 Å². The Balaban J connectivity index is 3.95. The van der Waals surface area contributed by atoms with E-state index in [1.165, 1.54) is 0 Å². The molecule has 0 saturated carbocycles. The number of halogens is 2. The van der Waals surface area contributed by atoms with Gasteiger partial charge in [0, 0.05) is 6.92 Å². The SMILES string of the molecule is CC(=O)Oc1c(C(C)=O)c(O)c(C(C)=O)c(O)c1C(Br)Br. The second-order valence-electron chi connectivity index (χ2n) is 4.20. The highest BCUT2D eigenvalue weighted by Gasteiger charge is 2.31. The summed E-state index contributed by atoms with van der Waals surface area (Å²) in [5.41, 5.74) is -0.777. The number of carbonyl (C=O) groups is 3. The van der Waals surface area contributed by atoms with Gasteiger partial charge in [-0.1, -0.05) is 31.9 Å². The normalized spacial score (nSPS) is 10.6. The molecule has 0 fully saturated rings. The minimum absolute atomic E-state index is 0.0293.